The van der Waals surface area contributed by atoms with E-state index in [2.05, 4.69) is 26.1 Å². The highest BCUT2D eigenvalue weighted by Gasteiger charge is 2.19. The highest BCUT2D eigenvalue weighted by Crippen LogP contribution is 2.11. The van der Waals surface area contributed by atoms with Crippen molar-refractivity contribution in [1.82, 2.24) is 5.32 Å². The minimum Gasteiger partial charge on any atom is -0.463 e. The molecular formula is C14H23NO2S. The fraction of sp³-hybridized carbons (Fsp3) is 0.643. The summed E-state index contributed by atoms with van der Waals surface area (Å²) < 4.78 is 5.32. The van der Waals surface area contributed by atoms with Gasteiger partial charge in [-0.25, -0.2) is 0 Å². The molecule has 0 aromatic carbocycles. The van der Waals surface area contributed by atoms with Gasteiger partial charge in [-0.15, -0.1) is 11.3 Å². The smallest absolute Gasteiger partial charge is 0.311 e. The maximum atomic E-state index is 11.6. The Hall–Kier alpha value is -0.870. The summed E-state index contributed by atoms with van der Waals surface area (Å²) >= 11 is 1.59. The van der Waals surface area contributed by atoms with Crippen LogP contribution in [0.2, 0.25) is 0 Å². The molecule has 1 heterocycles. The van der Waals surface area contributed by atoms with Crippen molar-refractivity contribution < 1.29 is 9.53 Å². The van der Waals surface area contributed by atoms with E-state index >= 15 is 0 Å². The van der Waals surface area contributed by atoms with Crippen molar-refractivity contribution in [2.75, 3.05) is 13.2 Å². The fourth-order valence-electron chi connectivity index (χ4n) is 1.52. The minimum atomic E-state index is -0.153. The number of thiophene rings is 1. The largest absolute Gasteiger partial charge is 0.463 e. The van der Waals surface area contributed by atoms with E-state index in [4.69, 9.17) is 4.74 Å². The summed E-state index contributed by atoms with van der Waals surface area (Å²) in [5.74, 6) is -0.150. The molecule has 1 aromatic heterocycles. The summed E-state index contributed by atoms with van der Waals surface area (Å²) in [7, 11) is 0. The van der Waals surface area contributed by atoms with Gasteiger partial charge in [0.25, 0.3) is 0 Å². The molecule has 0 amide bonds. The van der Waals surface area contributed by atoms with Crippen molar-refractivity contribution >= 4 is 17.3 Å². The third-order valence-corrected chi connectivity index (χ3v) is 3.50. The lowest BCUT2D eigenvalue weighted by molar-refractivity contribution is -0.144. The zero-order valence-electron chi connectivity index (χ0n) is 11.5. The maximum absolute atomic E-state index is 11.6. The Morgan fingerprint density at radius 3 is 2.89 bits per heavy atom. The van der Waals surface area contributed by atoms with Crippen LogP contribution in [0, 0.1) is 0 Å². The van der Waals surface area contributed by atoms with E-state index in [-0.39, 0.29) is 11.5 Å². The summed E-state index contributed by atoms with van der Waals surface area (Å²) in [6.45, 7) is 7.66. The van der Waals surface area contributed by atoms with Crippen LogP contribution in [0.4, 0.5) is 0 Å². The van der Waals surface area contributed by atoms with Gasteiger partial charge in [0.05, 0.1) is 6.42 Å². The van der Waals surface area contributed by atoms with Crippen molar-refractivity contribution in [2.24, 2.45) is 0 Å². The molecule has 0 unspecified atom stereocenters. The van der Waals surface area contributed by atoms with Crippen LogP contribution in [-0.4, -0.2) is 24.7 Å². The van der Waals surface area contributed by atoms with Gasteiger partial charge in [-0.1, -0.05) is 19.4 Å². The number of rotatable bonds is 8. The summed E-state index contributed by atoms with van der Waals surface area (Å²) in [6.07, 6.45) is 2.69. The number of carbonyl (C=O) groups is 1. The SMILES string of the molecule is CCCCNC(C)(C)COC(=O)Cc1cccs1. The molecule has 1 N–H and O–H groups in total. The minimum absolute atomic E-state index is 0.150. The molecule has 4 heteroatoms. The second-order valence-corrected chi connectivity index (χ2v) is 6.11. The second-order valence-electron chi connectivity index (χ2n) is 5.08. The lowest BCUT2D eigenvalue weighted by atomic mass is 10.1. The maximum Gasteiger partial charge on any atom is 0.311 e. The highest BCUT2D eigenvalue weighted by atomic mass is 32.1. The molecule has 1 aromatic rings. The van der Waals surface area contributed by atoms with E-state index in [9.17, 15) is 4.79 Å². The Bertz CT molecular complexity index is 347. The van der Waals surface area contributed by atoms with Crippen LogP contribution >= 0.6 is 11.3 Å². The predicted molar refractivity (Wildman–Crippen MR) is 76.0 cm³/mol. The first kappa shape index (κ1) is 15.2. The van der Waals surface area contributed by atoms with E-state index in [1.54, 1.807) is 11.3 Å². The molecule has 0 fully saturated rings. The molecule has 0 aliphatic carbocycles. The lowest BCUT2D eigenvalue weighted by Crippen LogP contribution is -2.44. The molecule has 0 spiro atoms. The van der Waals surface area contributed by atoms with Crippen LogP contribution in [-0.2, 0) is 16.0 Å². The number of esters is 1. The van der Waals surface area contributed by atoms with Crippen molar-refractivity contribution in [3.05, 3.63) is 22.4 Å². The van der Waals surface area contributed by atoms with Crippen LogP contribution in [0.15, 0.2) is 17.5 Å². The second kappa shape index (κ2) is 7.54. The first-order chi connectivity index (χ1) is 8.53. The zero-order valence-corrected chi connectivity index (χ0v) is 12.3. The van der Waals surface area contributed by atoms with Gasteiger partial charge in [-0.2, -0.15) is 0 Å². The molecule has 0 saturated heterocycles. The molecule has 1 rings (SSSR count). The number of hydrogen-bond acceptors (Lipinski definition) is 4. The van der Waals surface area contributed by atoms with Gasteiger partial charge < -0.3 is 10.1 Å². The van der Waals surface area contributed by atoms with Crippen molar-refractivity contribution in [1.29, 1.82) is 0 Å². The third kappa shape index (κ3) is 6.17. The Morgan fingerprint density at radius 1 is 1.50 bits per heavy atom. The van der Waals surface area contributed by atoms with Gasteiger partial charge in [-0.3, -0.25) is 4.79 Å². The molecule has 0 aliphatic heterocycles. The van der Waals surface area contributed by atoms with Crippen LogP contribution in [0.1, 0.15) is 38.5 Å². The predicted octanol–water partition coefficient (Wildman–Crippen LogP) is 3.00. The van der Waals surface area contributed by atoms with Crippen LogP contribution < -0.4 is 5.32 Å². The van der Waals surface area contributed by atoms with Crippen LogP contribution in [0.3, 0.4) is 0 Å². The Kier molecular flexibility index (Phi) is 6.36. The van der Waals surface area contributed by atoms with E-state index in [1.165, 1.54) is 6.42 Å². The molecule has 0 saturated carbocycles. The van der Waals surface area contributed by atoms with Gasteiger partial charge in [0.2, 0.25) is 0 Å². The summed E-state index contributed by atoms with van der Waals surface area (Å²) in [5.41, 5.74) is -0.153. The van der Waals surface area contributed by atoms with E-state index < -0.39 is 0 Å². The summed E-state index contributed by atoms with van der Waals surface area (Å²) in [6, 6.07) is 3.90. The fourth-order valence-corrected chi connectivity index (χ4v) is 2.21. The van der Waals surface area contributed by atoms with Crippen LogP contribution in [0.25, 0.3) is 0 Å². The Balaban J connectivity index is 2.24. The molecule has 102 valence electrons. The van der Waals surface area contributed by atoms with Crippen LogP contribution in [0.5, 0.6) is 0 Å². The zero-order chi connectivity index (χ0) is 13.4. The van der Waals surface area contributed by atoms with Crippen molar-refractivity contribution in [2.45, 2.75) is 45.6 Å². The van der Waals surface area contributed by atoms with E-state index in [1.807, 2.05) is 17.5 Å². The lowest BCUT2D eigenvalue weighted by Gasteiger charge is -2.25. The molecule has 0 aliphatic rings. The standard InChI is InChI=1S/C14H23NO2S/c1-4-5-8-15-14(2,3)11-17-13(16)10-12-7-6-9-18-12/h6-7,9,15H,4-5,8,10-11H2,1-3H3. The number of unbranched alkanes of at least 4 members (excludes halogenated alkanes) is 1. The Labute approximate surface area is 114 Å². The van der Waals surface area contributed by atoms with Gasteiger partial charge in [0, 0.05) is 10.4 Å². The quantitative estimate of drug-likeness (QED) is 0.582. The van der Waals surface area contributed by atoms with Gasteiger partial charge in [-0.05, 0) is 38.3 Å². The molecule has 3 nitrogen and oxygen atoms in total. The average Bonchev–Trinajstić information content (AvgIpc) is 2.80. The number of nitrogens with one attached hydrogen (secondary N) is 1. The highest BCUT2D eigenvalue weighted by molar-refractivity contribution is 7.10. The monoisotopic (exact) mass is 269 g/mol. The normalized spacial score (nSPS) is 11.5. The van der Waals surface area contributed by atoms with Crippen molar-refractivity contribution in [3.63, 3.8) is 0 Å². The number of carbonyl (C=O) groups excluding carboxylic acids is 1. The van der Waals surface area contributed by atoms with E-state index in [0.29, 0.717) is 13.0 Å². The summed E-state index contributed by atoms with van der Waals surface area (Å²) in [5, 5.41) is 5.37. The molecule has 18 heavy (non-hydrogen) atoms. The molecule has 0 bridgehead atoms. The van der Waals surface area contributed by atoms with Gasteiger partial charge in [0.15, 0.2) is 0 Å². The first-order valence-corrected chi connectivity index (χ1v) is 7.34. The van der Waals surface area contributed by atoms with Gasteiger partial charge >= 0.3 is 5.97 Å². The van der Waals surface area contributed by atoms with Gasteiger partial charge in [0.1, 0.15) is 6.61 Å². The summed E-state index contributed by atoms with van der Waals surface area (Å²) in [4.78, 5) is 12.7. The number of ether oxygens (including phenoxy) is 1. The van der Waals surface area contributed by atoms with Crippen molar-refractivity contribution in [3.8, 4) is 0 Å². The topological polar surface area (TPSA) is 38.3 Å². The first-order valence-electron chi connectivity index (χ1n) is 6.46. The average molecular weight is 269 g/mol. The molecule has 0 atom stereocenters. The molecular weight excluding hydrogens is 246 g/mol. The van der Waals surface area contributed by atoms with E-state index in [0.717, 1.165) is 17.8 Å². The Morgan fingerprint density at radius 2 is 2.28 bits per heavy atom. The molecule has 0 radical (unpaired) electrons. The number of hydrogen-bond donors (Lipinski definition) is 1. The third-order valence-electron chi connectivity index (χ3n) is 2.63.